The molecule has 1 fully saturated rings. The first-order chi connectivity index (χ1) is 9.72. The summed E-state index contributed by atoms with van der Waals surface area (Å²) in [6.45, 7) is 2.70. The molecule has 4 nitrogen and oxygen atoms in total. The average molecular weight is 280 g/mol. The lowest BCUT2D eigenvalue weighted by Crippen LogP contribution is -2.37. The van der Waals surface area contributed by atoms with Crippen LogP contribution in [0.4, 0.5) is 0 Å². The SMILES string of the molecule is CCOC(C(O)CCc1ccnn1C)C1CCCCC1. The van der Waals surface area contributed by atoms with Crippen LogP contribution in [0.5, 0.6) is 0 Å². The molecule has 20 heavy (non-hydrogen) atoms. The summed E-state index contributed by atoms with van der Waals surface area (Å²) < 4.78 is 7.75. The van der Waals surface area contributed by atoms with Crippen LogP contribution in [0.15, 0.2) is 12.3 Å². The molecule has 1 saturated carbocycles. The van der Waals surface area contributed by atoms with Gasteiger partial charge in [-0.15, -0.1) is 0 Å². The average Bonchev–Trinajstić information content (AvgIpc) is 2.88. The van der Waals surface area contributed by atoms with E-state index in [-0.39, 0.29) is 12.2 Å². The van der Waals surface area contributed by atoms with E-state index in [0.29, 0.717) is 12.5 Å². The molecule has 0 aromatic carbocycles. The van der Waals surface area contributed by atoms with E-state index in [4.69, 9.17) is 4.74 Å². The Bertz CT molecular complexity index is 386. The van der Waals surface area contributed by atoms with Gasteiger partial charge in [0.2, 0.25) is 0 Å². The third kappa shape index (κ3) is 4.06. The smallest absolute Gasteiger partial charge is 0.0861 e. The van der Waals surface area contributed by atoms with Crippen LogP contribution in [0.25, 0.3) is 0 Å². The van der Waals surface area contributed by atoms with Crippen molar-refractivity contribution in [3.63, 3.8) is 0 Å². The van der Waals surface area contributed by atoms with Crippen molar-refractivity contribution in [2.24, 2.45) is 13.0 Å². The van der Waals surface area contributed by atoms with Gasteiger partial charge in [-0.2, -0.15) is 5.10 Å². The molecule has 1 aromatic rings. The van der Waals surface area contributed by atoms with Crippen LogP contribution in [-0.2, 0) is 18.2 Å². The Kier molecular flexibility index (Phi) is 6.05. The molecule has 2 rings (SSSR count). The lowest BCUT2D eigenvalue weighted by molar-refractivity contribution is -0.0745. The van der Waals surface area contributed by atoms with Gasteiger partial charge >= 0.3 is 0 Å². The first-order valence-corrected chi connectivity index (χ1v) is 7.99. The molecule has 4 heteroatoms. The van der Waals surface area contributed by atoms with Crippen LogP contribution in [0.3, 0.4) is 0 Å². The van der Waals surface area contributed by atoms with Crippen LogP contribution < -0.4 is 0 Å². The number of hydrogen-bond acceptors (Lipinski definition) is 3. The third-order valence-electron chi connectivity index (χ3n) is 4.47. The second kappa shape index (κ2) is 7.79. The van der Waals surface area contributed by atoms with Crippen LogP contribution >= 0.6 is 0 Å². The minimum Gasteiger partial charge on any atom is -0.390 e. The van der Waals surface area contributed by atoms with E-state index in [1.54, 1.807) is 0 Å². The van der Waals surface area contributed by atoms with Gasteiger partial charge in [0.1, 0.15) is 0 Å². The second-order valence-corrected chi connectivity index (χ2v) is 5.87. The Morgan fingerprint density at radius 2 is 2.15 bits per heavy atom. The summed E-state index contributed by atoms with van der Waals surface area (Å²) in [7, 11) is 1.95. The molecule has 2 unspecified atom stereocenters. The number of ether oxygens (including phenoxy) is 1. The van der Waals surface area contributed by atoms with E-state index in [1.165, 1.54) is 37.8 Å². The van der Waals surface area contributed by atoms with E-state index in [2.05, 4.69) is 5.10 Å². The predicted octanol–water partition coefficient (Wildman–Crippen LogP) is 2.70. The fraction of sp³-hybridized carbons (Fsp3) is 0.812. The molecule has 114 valence electrons. The van der Waals surface area contributed by atoms with Gasteiger partial charge in [-0.05, 0) is 44.6 Å². The molecule has 0 saturated heterocycles. The van der Waals surface area contributed by atoms with Crippen molar-refractivity contribution >= 4 is 0 Å². The normalized spacial score (nSPS) is 19.9. The summed E-state index contributed by atoms with van der Waals surface area (Å²) in [6, 6.07) is 2.02. The van der Waals surface area contributed by atoms with Gasteiger partial charge in [-0.1, -0.05) is 19.3 Å². The quantitative estimate of drug-likeness (QED) is 0.835. The number of nitrogens with zero attached hydrogens (tertiary/aromatic N) is 2. The molecule has 0 bridgehead atoms. The first kappa shape index (κ1) is 15.5. The molecule has 0 amide bonds. The molecule has 1 aliphatic rings. The van der Waals surface area contributed by atoms with E-state index < -0.39 is 0 Å². The largest absolute Gasteiger partial charge is 0.390 e. The number of aliphatic hydroxyl groups excluding tert-OH is 1. The Morgan fingerprint density at radius 1 is 1.40 bits per heavy atom. The van der Waals surface area contributed by atoms with Gasteiger partial charge in [-0.3, -0.25) is 4.68 Å². The number of aromatic nitrogens is 2. The van der Waals surface area contributed by atoms with E-state index in [0.717, 1.165) is 12.8 Å². The Balaban J connectivity index is 1.88. The molecule has 0 aliphatic heterocycles. The number of rotatable bonds is 7. The number of aliphatic hydroxyl groups is 1. The maximum Gasteiger partial charge on any atom is 0.0861 e. The van der Waals surface area contributed by atoms with Gasteiger partial charge in [0.05, 0.1) is 12.2 Å². The molecule has 0 spiro atoms. The topological polar surface area (TPSA) is 47.3 Å². The summed E-state index contributed by atoms with van der Waals surface area (Å²) in [4.78, 5) is 0. The predicted molar refractivity (Wildman–Crippen MR) is 79.5 cm³/mol. The zero-order valence-corrected chi connectivity index (χ0v) is 12.8. The molecule has 1 heterocycles. The van der Waals surface area contributed by atoms with E-state index >= 15 is 0 Å². The highest BCUT2D eigenvalue weighted by molar-refractivity contribution is 5.00. The zero-order chi connectivity index (χ0) is 14.4. The van der Waals surface area contributed by atoms with Crippen LogP contribution in [0.2, 0.25) is 0 Å². The van der Waals surface area contributed by atoms with Crippen LogP contribution in [-0.4, -0.2) is 33.7 Å². The van der Waals surface area contributed by atoms with Gasteiger partial charge in [0.15, 0.2) is 0 Å². The Hall–Kier alpha value is -0.870. The van der Waals surface area contributed by atoms with Crippen LogP contribution in [0.1, 0.15) is 51.1 Å². The van der Waals surface area contributed by atoms with E-state index in [9.17, 15) is 5.11 Å². The molecular formula is C16H28N2O2. The summed E-state index contributed by atoms with van der Waals surface area (Å²) in [5.41, 5.74) is 1.17. The Morgan fingerprint density at radius 3 is 2.75 bits per heavy atom. The fourth-order valence-electron chi connectivity index (χ4n) is 3.32. The van der Waals surface area contributed by atoms with Gasteiger partial charge in [0, 0.05) is 25.5 Å². The Labute approximate surface area is 122 Å². The maximum absolute atomic E-state index is 10.5. The highest BCUT2D eigenvalue weighted by Gasteiger charge is 2.29. The fourth-order valence-corrected chi connectivity index (χ4v) is 3.32. The summed E-state index contributed by atoms with van der Waals surface area (Å²) >= 11 is 0. The lowest BCUT2D eigenvalue weighted by Gasteiger charge is -2.33. The second-order valence-electron chi connectivity index (χ2n) is 5.87. The molecule has 1 aliphatic carbocycles. The first-order valence-electron chi connectivity index (χ1n) is 7.99. The minimum absolute atomic E-state index is 0.00790. The van der Waals surface area contributed by atoms with Crippen molar-refractivity contribution in [1.82, 2.24) is 9.78 Å². The van der Waals surface area contributed by atoms with Crippen molar-refractivity contribution in [2.45, 2.75) is 64.1 Å². The number of hydrogen-bond donors (Lipinski definition) is 1. The zero-order valence-electron chi connectivity index (χ0n) is 12.8. The summed E-state index contributed by atoms with van der Waals surface area (Å²) in [6.07, 6.45) is 9.35. The van der Waals surface area contributed by atoms with Crippen LogP contribution in [0, 0.1) is 5.92 Å². The molecular weight excluding hydrogens is 252 g/mol. The van der Waals surface area contributed by atoms with Gasteiger partial charge < -0.3 is 9.84 Å². The molecule has 1 N–H and O–H groups in total. The van der Waals surface area contributed by atoms with Crippen molar-refractivity contribution in [1.29, 1.82) is 0 Å². The van der Waals surface area contributed by atoms with Crippen molar-refractivity contribution in [3.8, 4) is 0 Å². The molecule has 1 aromatic heterocycles. The third-order valence-corrected chi connectivity index (χ3v) is 4.47. The highest BCUT2D eigenvalue weighted by Crippen LogP contribution is 2.30. The summed E-state index contributed by atoms with van der Waals surface area (Å²) in [5, 5.41) is 14.7. The molecule has 2 atom stereocenters. The van der Waals surface area contributed by atoms with Gasteiger partial charge in [-0.25, -0.2) is 0 Å². The van der Waals surface area contributed by atoms with Crippen molar-refractivity contribution < 1.29 is 9.84 Å². The number of aryl methyl sites for hydroxylation is 2. The monoisotopic (exact) mass is 280 g/mol. The van der Waals surface area contributed by atoms with E-state index in [1.807, 2.05) is 30.9 Å². The maximum atomic E-state index is 10.5. The van der Waals surface area contributed by atoms with Crippen molar-refractivity contribution in [3.05, 3.63) is 18.0 Å². The van der Waals surface area contributed by atoms with Gasteiger partial charge in [0.25, 0.3) is 0 Å². The standard InChI is InChI=1S/C16H28N2O2/c1-3-20-16(13-7-5-4-6-8-13)15(19)10-9-14-11-12-17-18(14)2/h11-13,15-16,19H,3-10H2,1-2H3. The highest BCUT2D eigenvalue weighted by atomic mass is 16.5. The lowest BCUT2D eigenvalue weighted by atomic mass is 9.82. The summed E-state index contributed by atoms with van der Waals surface area (Å²) in [5.74, 6) is 0.533. The minimum atomic E-state index is -0.368. The van der Waals surface area contributed by atoms with Crippen molar-refractivity contribution in [2.75, 3.05) is 6.61 Å². The molecule has 0 radical (unpaired) electrons.